The van der Waals surface area contributed by atoms with Crippen LogP contribution in [-0.4, -0.2) is 47.4 Å². The molecule has 0 radical (unpaired) electrons. The van der Waals surface area contributed by atoms with Crippen molar-refractivity contribution in [2.24, 2.45) is 0 Å². The van der Waals surface area contributed by atoms with Crippen molar-refractivity contribution in [2.45, 2.75) is 33.0 Å². The standard InChI is InChI=1S/C21H26O7/c1-9-12-15(20(26-7)21(27-8)17(9)23-4)19(25-6)13-10(2)28-11(3)16(22)14(13)18(12)24-5/h10-11H,1-8H3/t10-,11+/m1/s1. The van der Waals surface area contributed by atoms with Gasteiger partial charge in [-0.05, 0) is 20.8 Å². The molecule has 1 heterocycles. The van der Waals surface area contributed by atoms with Crippen LogP contribution in [0.15, 0.2) is 0 Å². The second-order valence-electron chi connectivity index (χ2n) is 6.61. The van der Waals surface area contributed by atoms with Crippen molar-refractivity contribution in [3.8, 4) is 28.7 Å². The van der Waals surface area contributed by atoms with E-state index in [1.54, 1.807) is 42.5 Å². The van der Waals surface area contributed by atoms with E-state index < -0.39 is 6.10 Å². The van der Waals surface area contributed by atoms with Gasteiger partial charge in [0.2, 0.25) is 5.75 Å². The van der Waals surface area contributed by atoms with Gasteiger partial charge in [-0.25, -0.2) is 0 Å². The summed E-state index contributed by atoms with van der Waals surface area (Å²) in [6, 6.07) is 0. The van der Waals surface area contributed by atoms with E-state index in [4.69, 9.17) is 28.4 Å². The van der Waals surface area contributed by atoms with E-state index in [-0.39, 0.29) is 11.9 Å². The molecule has 28 heavy (non-hydrogen) atoms. The Morgan fingerprint density at radius 3 is 1.71 bits per heavy atom. The summed E-state index contributed by atoms with van der Waals surface area (Å²) >= 11 is 0. The summed E-state index contributed by atoms with van der Waals surface area (Å²) < 4.78 is 34.3. The van der Waals surface area contributed by atoms with E-state index in [0.29, 0.717) is 50.6 Å². The first-order chi connectivity index (χ1) is 13.4. The van der Waals surface area contributed by atoms with Crippen molar-refractivity contribution in [3.63, 3.8) is 0 Å². The molecule has 0 saturated heterocycles. The molecule has 0 aliphatic carbocycles. The van der Waals surface area contributed by atoms with Crippen molar-refractivity contribution >= 4 is 16.6 Å². The largest absolute Gasteiger partial charge is 0.496 e. The third kappa shape index (κ3) is 2.57. The Labute approximate surface area is 164 Å². The zero-order valence-electron chi connectivity index (χ0n) is 17.5. The van der Waals surface area contributed by atoms with Gasteiger partial charge >= 0.3 is 0 Å². The average Bonchev–Trinajstić information content (AvgIpc) is 2.69. The first-order valence-electron chi connectivity index (χ1n) is 8.97. The van der Waals surface area contributed by atoms with Gasteiger partial charge in [-0.3, -0.25) is 4.79 Å². The van der Waals surface area contributed by atoms with Gasteiger partial charge in [-0.15, -0.1) is 0 Å². The molecule has 0 aromatic heterocycles. The summed E-state index contributed by atoms with van der Waals surface area (Å²) in [5.74, 6) is 2.19. The Morgan fingerprint density at radius 1 is 0.679 bits per heavy atom. The van der Waals surface area contributed by atoms with E-state index in [0.717, 1.165) is 5.56 Å². The maximum atomic E-state index is 13.0. The Kier molecular flexibility index (Phi) is 5.30. The molecule has 0 amide bonds. The molecule has 1 aliphatic rings. The van der Waals surface area contributed by atoms with Crippen molar-refractivity contribution in [1.82, 2.24) is 0 Å². The highest BCUT2D eigenvalue weighted by atomic mass is 16.5. The highest BCUT2D eigenvalue weighted by molar-refractivity contribution is 6.14. The van der Waals surface area contributed by atoms with Crippen LogP contribution in [-0.2, 0) is 4.74 Å². The zero-order chi connectivity index (χ0) is 20.7. The Bertz CT molecular complexity index is 948. The molecule has 0 bridgehead atoms. The summed E-state index contributed by atoms with van der Waals surface area (Å²) in [6.07, 6.45) is -0.949. The maximum absolute atomic E-state index is 13.0. The monoisotopic (exact) mass is 390 g/mol. The molecule has 2 aromatic carbocycles. The van der Waals surface area contributed by atoms with Crippen LogP contribution < -0.4 is 23.7 Å². The average molecular weight is 390 g/mol. The Morgan fingerprint density at radius 2 is 1.21 bits per heavy atom. The lowest BCUT2D eigenvalue weighted by atomic mass is 9.86. The molecule has 0 fully saturated rings. The number of hydrogen-bond acceptors (Lipinski definition) is 7. The Hall–Kier alpha value is -2.67. The lowest BCUT2D eigenvalue weighted by molar-refractivity contribution is 0.00185. The highest BCUT2D eigenvalue weighted by Gasteiger charge is 2.39. The van der Waals surface area contributed by atoms with Crippen LogP contribution in [0, 0.1) is 6.92 Å². The maximum Gasteiger partial charge on any atom is 0.204 e. The van der Waals surface area contributed by atoms with Crippen molar-refractivity contribution in [3.05, 3.63) is 16.7 Å². The number of ether oxygens (including phenoxy) is 6. The van der Waals surface area contributed by atoms with E-state index in [1.165, 1.54) is 0 Å². The first kappa shape index (κ1) is 20.1. The summed E-state index contributed by atoms with van der Waals surface area (Å²) in [6.45, 7) is 5.50. The lowest BCUT2D eigenvalue weighted by Gasteiger charge is -2.32. The first-order valence-corrected chi connectivity index (χ1v) is 8.97. The predicted molar refractivity (Wildman–Crippen MR) is 105 cm³/mol. The molecule has 1 aliphatic heterocycles. The fourth-order valence-corrected chi connectivity index (χ4v) is 4.11. The van der Waals surface area contributed by atoms with Gasteiger partial charge in [0.05, 0.1) is 52.6 Å². The molecule has 7 heteroatoms. The van der Waals surface area contributed by atoms with Gasteiger partial charge in [0.25, 0.3) is 0 Å². The molecule has 7 nitrogen and oxygen atoms in total. The van der Waals surface area contributed by atoms with Crippen LogP contribution in [0.25, 0.3) is 10.8 Å². The van der Waals surface area contributed by atoms with Crippen LogP contribution in [0.3, 0.4) is 0 Å². The van der Waals surface area contributed by atoms with Crippen molar-refractivity contribution in [2.75, 3.05) is 35.5 Å². The minimum atomic E-state index is -0.582. The predicted octanol–water partition coefficient (Wildman–Crippen LogP) is 3.85. The molecule has 0 spiro atoms. The second kappa shape index (κ2) is 7.39. The van der Waals surface area contributed by atoms with Crippen molar-refractivity contribution in [1.29, 1.82) is 0 Å². The number of benzene rings is 2. The highest BCUT2D eigenvalue weighted by Crippen LogP contribution is 2.56. The normalized spacial score (nSPS) is 18.6. The number of methoxy groups -OCH3 is 5. The minimum Gasteiger partial charge on any atom is -0.496 e. The SMILES string of the molecule is COc1c(OC)c(OC)c2c(OC)c3c(c(OC)c2c1C)C(=O)[C@H](C)O[C@@H]3C. The van der Waals surface area contributed by atoms with Gasteiger partial charge < -0.3 is 28.4 Å². The number of rotatable bonds is 5. The van der Waals surface area contributed by atoms with Crippen LogP contribution in [0.4, 0.5) is 0 Å². The third-order valence-corrected chi connectivity index (χ3v) is 5.25. The summed E-state index contributed by atoms with van der Waals surface area (Å²) in [4.78, 5) is 13.0. The molecule has 2 aromatic rings. The summed E-state index contributed by atoms with van der Waals surface area (Å²) in [5, 5.41) is 1.33. The lowest BCUT2D eigenvalue weighted by Crippen LogP contribution is -2.30. The molecular formula is C21H26O7. The minimum absolute atomic E-state index is 0.154. The number of carbonyl (C=O) groups is 1. The number of carbonyl (C=O) groups excluding carboxylic acids is 1. The van der Waals surface area contributed by atoms with Crippen LogP contribution in [0.2, 0.25) is 0 Å². The topological polar surface area (TPSA) is 72.5 Å². The van der Waals surface area contributed by atoms with Gasteiger partial charge in [0, 0.05) is 16.5 Å². The number of hydrogen-bond donors (Lipinski definition) is 0. The molecule has 0 saturated carbocycles. The molecule has 3 rings (SSSR count). The quantitative estimate of drug-likeness (QED) is 0.768. The number of Topliss-reactive ketones (excluding diaryl/α,β-unsaturated/α-hetero) is 1. The van der Waals surface area contributed by atoms with E-state index in [9.17, 15) is 4.79 Å². The van der Waals surface area contributed by atoms with Gasteiger partial charge in [-0.2, -0.15) is 0 Å². The van der Waals surface area contributed by atoms with Gasteiger partial charge in [-0.1, -0.05) is 0 Å². The van der Waals surface area contributed by atoms with Gasteiger partial charge in [0.1, 0.15) is 17.6 Å². The van der Waals surface area contributed by atoms with Gasteiger partial charge in [0.15, 0.2) is 17.3 Å². The second-order valence-corrected chi connectivity index (χ2v) is 6.61. The molecule has 0 N–H and O–H groups in total. The fraction of sp³-hybridized carbons (Fsp3) is 0.476. The zero-order valence-corrected chi connectivity index (χ0v) is 17.5. The molecule has 2 atom stereocenters. The number of ketones is 1. The Balaban J connectivity index is 2.68. The van der Waals surface area contributed by atoms with Crippen molar-refractivity contribution < 1.29 is 33.2 Å². The fourth-order valence-electron chi connectivity index (χ4n) is 4.11. The number of fused-ring (bicyclic) bond motifs is 2. The van der Waals surface area contributed by atoms with Crippen LogP contribution >= 0.6 is 0 Å². The third-order valence-electron chi connectivity index (χ3n) is 5.25. The smallest absolute Gasteiger partial charge is 0.204 e. The van der Waals surface area contributed by atoms with E-state index in [1.807, 2.05) is 13.8 Å². The summed E-state index contributed by atoms with van der Waals surface area (Å²) in [5.41, 5.74) is 1.86. The summed E-state index contributed by atoms with van der Waals surface area (Å²) in [7, 11) is 7.75. The molecular weight excluding hydrogens is 364 g/mol. The molecule has 0 unspecified atom stereocenters. The van der Waals surface area contributed by atoms with Crippen LogP contribution in [0.5, 0.6) is 28.7 Å². The van der Waals surface area contributed by atoms with Crippen LogP contribution in [0.1, 0.15) is 41.4 Å². The van der Waals surface area contributed by atoms with E-state index >= 15 is 0 Å². The van der Waals surface area contributed by atoms with E-state index in [2.05, 4.69) is 0 Å². The molecule has 152 valence electrons. The number of aryl methyl sites for hydroxylation is 1.